The van der Waals surface area contributed by atoms with Crippen LogP contribution in [-0.2, 0) is 9.59 Å². The van der Waals surface area contributed by atoms with Crippen LogP contribution in [0.5, 0.6) is 0 Å². The average Bonchev–Trinajstić information content (AvgIpc) is 2.49. The Hall–Kier alpha value is -1.88. The molecule has 5 nitrogen and oxygen atoms in total. The number of aryl methyl sites for hydroxylation is 1. The third-order valence-corrected chi connectivity index (χ3v) is 3.73. The number of benzene rings is 1. The molecule has 0 fully saturated rings. The second-order valence-electron chi connectivity index (χ2n) is 5.47. The monoisotopic (exact) mass is 305 g/mol. The first-order valence-electron chi connectivity index (χ1n) is 7.93. The molecule has 0 radical (unpaired) electrons. The summed E-state index contributed by atoms with van der Waals surface area (Å²) in [7, 11) is 0. The van der Waals surface area contributed by atoms with Crippen molar-refractivity contribution in [1.29, 1.82) is 0 Å². The van der Waals surface area contributed by atoms with Gasteiger partial charge in [-0.25, -0.2) is 0 Å². The first-order chi connectivity index (χ1) is 10.5. The van der Waals surface area contributed by atoms with E-state index in [1.165, 1.54) is 0 Å². The van der Waals surface area contributed by atoms with Crippen LogP contribution in [0.15, 0.2) is 18.2 Å². The zero-order valence-electron chi connectivity index (χ0n) is 13.7. The van der Waals surface area contributed by atoms with Gasteiger partial charge in [0, 0.05) is 23.7 Å². The number of carbonyl (C=O) groups excluding carboxylic acids is 2. The Labute approximate surface area is 132 Å². The molecule has 2 amide bonds. The van der Waals surface area contributed by atoms with Gasteiger partial charge in [-0.2, -0.15) is 0 Å². The first kappa shape index (κ1) is 18.2. The maximum absolute atomic E-state index is 12.1. The van der Waals surface area contributed by atoms with Gasteiger partial charge < -0.3 is 16.4 Å². The van der Waals surface area contributed by atoms with E-state index in [1.54, 1.807) is 6.07 Å². The van der Waals surface area contributed by atoms with E-state index in [9.17, 15) is 9.59 Å². The molecule has 0 saturated heterocycles. The number of rotatable bonds is 8. The summed E-state index contributed by atoms with van der Waals surface area (Å²) < 4.78 is 0. The number of nitrogens with one attached hydrogen (secondary N) is 2. The summed E-state index contributed by atoms with van der Waals surface area (Å²) in [6.45, 7) is 6.45. The lowest BCUT2D eigenvalue weighted by atomic mass is 10.0. The van der Waals surface area contributed by atoms with E-state index in [0.29, 0.717) is 19.4 Å². The Kier molecular flexibility index (Phi) is 7.60. The Morgan fingerprint density at radius 3 is 2.41 bits per heavy atom. The Balaban J connectivity index is 2.69. The van der Waals surface area contributed by atoms with E-state index in [-0.39, 0.29) is 17.7 Å². The van der Waals surface area contributed by atoms with Crippen molar-refractivity contribution in [2.75, 3.05) is 17.2 Å². The molecule has 0 spiro atoms. The molecule has 0 aliphatic heterocycles. The largest absolute Gasteiger partial charge is 0.330 e. The predicted molar refractivity (Wildman–Crippen MR) is 90.8 cm³/mol. The molecule has 0 unspecified atom stereocenters. The SMILES string of the molecule is CCC(CC)C(=O)Nc1ccc(NC(=O)CCCN)cc1C. The van der Waals surface area contributed by atoms with E-state index in [1.807, 2.05) is 32.9 Å². The number of amides is 2. The van der Waals surface area contributed by atoms with Gasteiger partial charge in [-0.1, -0.05) is 13.8 Å². The standard InChI is InChI=1S/C17H27N3O2/c1-4-13(5-2)17(22)20-15-9-8-14(11-12(15)3)19-16(21)7-6-10-18/h8-9,11,13H,4-7,10,18H2,1-3H3,(H,19,21)(H,20,22). The van der Waals surface area contributed by atoms with E-state index in [2.05, 4.69) is 10.6 Å². The van der Waals surface area contributed by atoms with Crippen molar-refractivity contribution in [3.63, 3.8) is 0 Å². The summed E-state index contributed by atoms with van der Waals surface area (Å²) in [6.07, 6.45) is 2.75. The van der Waals surface area contributed by atoms with E-state index in [4.69, 9.17) is 5.73 Å². The molecule has 0 aliphatic carbocycles. The zero-order valence-corrected chi connectivity index (χ0v) is 13.7. The van der Waals surface area contributed by atoms with Crippen molar-refractivity contribution in [1.82, 2.24) is 0 Å². The van der Waals surface area contributed by atoms with Gasteiger partial charge >= 0.3 is 0 Å². The normalized spacial score (nSPS) is 10.6. The molecule has 122 valence electrons. The van der Waals surface area contributed by atoms with Gasteiger partial charge in [-0.3, -0.25) is 9.59 Å². The van der Waals surface area contributed by atoms with E-state index in [0.717, 1.165) is 29.8 Å². The van der Waals surface area contributed by atoms with Gasteiger partial charge in [0.1, 0.15) is 0 Å². The number of nitrogens with two attached hydrogens (primary N) is 1. The fraction of sp³-hybridized carbons (Fsp3) is 0.529. The number of hydrogen-bond donors (Lipinski definition) is 3. The fourth-order valence-electron chi connectivity index (χ4n) is 2.26. The third kappa shape index (κ3) is 5.48. The zero-order chi connectivity index (χ0) is 16.5. The minimum absolute atomic E-state index is 0.0371. The maximum atomic E-state index is 12.1. The van der Waals surface area contributed by atoms with Crippen LogP contribution in [0.2, 0.25) is 0 Å². The molecule has 1 aromatic carbocycles. The van der Waals surface area contributed by atoms with Crippen molar-refractivity contribution < 1.29 is 9.59 Å². The van der Waals surface area contributed by atoms with Crippen LogP contribution in [0.1, 0.15) is 45.1 Å². The predicted octanol–water partition coefficient (Wildman–Crippen LogP) is 3.05. The molecule has 0 aromatic heterocycles. The average molecular weight is 305 g/mol. The second-order valence-corrected chi connectivity index (χ2v) is 5.47. The Bertz CT molecular complexity index is 511. The van der Waals surface area contributed by atoms with Crippen molar-refractivity contribution in [2.24, 2.45) is 11.7 Å². The van der Waals surface area contributed by atoms with Crippen LogP contribution in [0.4, 0.5) is 11.4 Å². The lowest BCUT2D eigenvalue weighted by Crippen LogP contribution is -2.22. The van der Waals surface area contributed by atoms with Crippen molar-refractivity contribution in [3.05, 3.63) is 23.8 Å². The molecule has 0 heterocycles. The molecule has 22 heavy (non-hydrogen) atoms. The fourth-order valence-corrected chi connectivity index (χ4v) is 2.26. The van der Waals surface area contributed by atoms with Crippen molar-refractivity contribution in [3.8, 4) is 0 Å². The van der Waals surface area contributed by atoms with Gasteiger partial charge in [-0.05, 0) is 56.5 Å². The Morgan fingerprint density at radius 2 is 1.86 bits per heavy atom. The molecule has 0 atom stereocenters. The van der Waals surface area contributed by atoms with Crippen molar-refractivity contribution >= 4 is 23.2 Å². The van der Waals surface area contributed by atoms with Crippen LogP contribution >= 0.6 is 0 Å². The van der Waals surface area contributed by atoms with Gasteiger partial charge in [0.15, 0.2) is 0 Å². The maximum Gasteiger partial charge on any atom is 0.227 e. The lowest BCUT2D eigenvalue weighted by Gasteiger charge is -2.15. The topological polar surface area (TPSA) is 84.2 Å². The minimum atomic E-state index is -0.0429. The van der Waals surface area contributed by atoms with Gasteiger partial charge in [-0.15, -0.1) is 0 Å². The highest BCUT2D eigenvalue weighted by Crippen LogP contribution is 2.21. The molecule has 4 N–H and O–H groups in total. The van der Waals surface area contributed by atoms with Crippen LogP contribution < -0.4 is 16.4 Å². The number of anilines is 2. The highest BCUT2D eigenvalue weighted by Gasteiger charge is 2.15. The van der Waals surface area contributed by atoms with Crippen molar-refractivity contribution in [2.45, 2.75) is 46.5 Å². The molecule has 0 saturated carbocycles. The summed E-state index contributed by atoms with van der Waals surface area (Å²) in [6, 6.07) is 5.49. The number of hydrogen-bond acceptors (Lipinski definition) is 3. The van der Waals surface area contributed by atoms with E-state index < -0.39 is 0 Å². The van der Waals surface area contributed by atoms with Crippen LogP contribution in [0.25, 0.3) is 0 Å². The smallest absolute Gasteiger partial charge is 0.227 e. The molecule has 0 bridgehead atoms. The van der Waals surface area contributed by atoms with Crippen LogP contribution in [0, 0.1) is 12.8 Å². The van der Waals surface area contributed by atoms with Gasteiger partial charge in [0.05, 0.1) is 0 Å². The minimum Gasteiger partial charge on any atom is -0.330 e. The molecular formula is C17H27N3O2. The molecule has 5 heteroatoms. The highest BCUT2D eigenvalue weighted by molar-refractivity contribution is 5.94. The highest BCUT2D eigenvalue weighted by atomic mass is 16.2. The summed E-state index contributed by atoms with van der Waals surface area (Å²) in [5.74, 6) is 0.0431. The second kappa shape index (κ2) is 9.20. The molecule has 1 aromatic rings. The Morgan fingerprint density at radius 1 is 1.18 bits per heavy atom. The van der Waals surface area contributed by atoms with Crippen LogP contribution in [-0.4, -0.2) is 18.4 Å². The third-order valence-electron chi connectivity index (χ3n) is 3.73. The molecule has 1 rings (SSSR count). The summed E-state index contributed by atoms with van der Waals surface area (Å²) in [4.78, 5) is 23.8. The quantitative estimate of drug-likeness (QED) is 0.690. The molecule has 0 aliphatic rings. The van der Waals surface area contributed by atoms with Crippen LogP contribution in [0.3, 0.4) is 0 Å². The van der Waals surface area contributed by atoms with E-state index >= 15 is 0 Å². The molecular weight excluding hydrogens is 278 g/mol. The first-order valence-corrected chi connectivity index (χ1v) is 7.93. The number of carbonyl (C=O) groups is 2. The lowest BCUT2D eigenvalue weighted by molar-refractivity contribution is -0.120. The summed E-state index contributed by atoms with van der Waals surface area (Å²) in [5.41, 5.74) is 7.84. The van der Waals surface area contributed by atoms with Gasteiger partial charge in [0.2, 0.25) is 11.8 Å². The summed E-state index contributed by atoms with van der Waals surface area (Å²) in [5, 5.41) is 5.79. The van der Waals surface area contributed by atoms with Gasteiger partial charge in [0.25, 0.3) is 0 Å². The summed E-state index contributed by atoms with van der Waals surface area (Å²) >= 11 is 0.